The Morgan fingerprint density at radius 1 is 1.27 bits per heavy atom. The number of carbonyl (C=O) groups excluding carboxylic acids is 1. The number of pyridine rings is 1. The number of piperidine rings is 1. The molecule has 0 aliphatic carbocycles. The Hall–Kier alpha value is -4.42. The van der Waals surface area contributed by atoms with Crippen LogP contribution in [0.1, 0.15) is 35.6 Å². The standard InChI is InChI=1S/C27H24ClN7O2/c1-2-24(36)35-9-7-18(8-10-35)21-14-31-26-25(21)27(33-16-32-26)34-19-5-6-23(22(28)11-19)37-15-20-4-3-17(12-29)13-30-20/h2-6,11,13-14,16,18H,1,7-10,15H2,(H2,31,32,33,34). The molecule has 1 aliphatic rings. The van der Waals surface area contributed by atoms with Crippen molar-refractivity contribution in [2.75, 3.05) is 18.4 Å². The second-order valence-corrected chi connectivity index (χ2v) is 9.11. The first-order valence-corrected chi connectivity index (χ1v) is 12.2. The molecule has 1 aromatic carbocycles. The van der Waals surface area contributed by atoms with E-state index in [4.69, 9.17) is 21.6 Å². The van der Waals surface area contributed by atoms with Gasteiger partial charge in [0.2, 0.25) is 5.91 Å². The summed E-state index contributed by atoms with van der Waals surface area (Å²) < 4.78 is 5.82. The fraction of sp³-hybridized carbons (Fsp3) is 0.222. The van der Waals surface area contributed by atoms with E-state index in [1.54, 1.807) is 24.3 Å². The van der Waals surface area contributed by atoms with Gasteiger partial charge in [-0.25, -0.2) is 9.97 Å². The number of hydrogen-bond donors (Lipinski definition) is 2. The lowest BCUT2D eigenvalue weighted by Crippen LogP contribution is -2.36. The van der Waals surface area contributed by atoms with Gasteiger partial charge >= 0.3 is 0 Å². The molecule has 2 N–H and O–H groups in total. The number of benzene rings is 1. The Morgan fingerprint density at radius 3 is 2.81 bits per heavy atom. The number of anilines is 2. The number of aromatic nitrogens is 4. The fourth-order valence-electron chi connectivity index (χ4n) is 4.50. The van der Waals surface area contributed by atoms with Gasteiger partial charge in [-0.05, 0) is 60.7 Å². The van der Waals surface area contributed by atoms with E-state index in [9.17, 15) is 4.79 Å². The molecule has 0 atom stereocenters. The van der Waals surface area contributed by atoms with Crippen LogP contribution in [0, 0.1) is 11.3 Å². The lowest BCUT2D eigenvalue weighted by molar-refractivity contribution is -0.127. The van der Waals surface area contributed by atoms with Crippen molar-refractivity contribution in [2.45, 2.75) is 25.4 Å². The number of hydrogen-bond acceptors (Lipinski definition) is 7. The monoisotopic (exact) mass is 513 g/mol. The molecular formula is C27H24ClN7O2. The predicted octanol–water partition coefficient (Wildman–Crippen LogP) is 5.09. The third-order valence-corrected chi connectivity index (χ3v) is 6.74. The smallest absolute Gasteiger partial charge is 0.245 e. The number of fused-ring (bicyclic) bond motifs is 1. The van der Waals surface area contributed by atoms with Gasteiger partial charge in [0.1, 0.15) is 36.2 Å². The molecule has 0 radical (unpaired) electrons. The van der Waals surface area contributed by atoms with E-state index >= 15 is 0 Å². The van der Waals surface area contributed by atoms with E-state index in [1.165, 1.54) is 18.6 Å². The summed E-state index contributed by atoms with van der Waals surface area (Å²) in [5, 5.41) is 13.6. The van der Waals surface area contributed by atoms with Gasteiger partial charge in [-0.2, -0.15) is 5.26 Å². The van der Waals surface area contributed by atoms with Crippen molar-refractivity contribution in [3.05, 3.63) is 83.6 Å². The predicted molar refractivity (Wildman–Crippen MR) is 141 cm³/mol. The van der Waals surface area contributed by atoms with E-state index in [0.29, 0.717) is 40.9 Å². The summed E-state index contributed by atoms with van der Waals surface area (Å²) in [6.07, 6.45) is 8.09. The maximum Gasteiger partial charge on any atom is 0.245 e. The van der Waals surface area contributed by atoms with Crippen LogP contribution in [-0.4, -0.2) is 43.8 Å². The Kier molecular flexibility index (Phi) is 7.01. The van der Waals surface area contributed by atoms with Gasteiger partial charge < -0.3 is 19.9 Å². The summed E-state index contributed by atoms with van der Waals surface area (Å²) in [5.74, 6) is 1.46. The third-order valence-electron chi connectivity index (χ3n) is 6.45. The number of nitrogens with one attached hydrogen (secondary N) is 2. The average molecular weight is 514 g/mol. The molecule has 10 heteroatoms. The van der Waals surface area contributed by atoms with Gasteiger partial charge in [-0.1, -0.05) is 18.2 Å². The van der Waals surface area contributed by atoms with Crippen LogP contribution in [0.5, 0.6) is 5.75 Å². The van der Waals surface area contributed by atoms with Gasteiger partial charge in [-0.15, -0.1) is 0 Å². The maximum absolute atomic E-state index is 12.0. The van der Waals surface area contributed by atoms with Crippen LogP contribution in [-0.2, 0) is 11.4 Å². The number of nitriles is 1. The molecule has 1 fully saturated rings. The van der Waals surface area contributed by atoms with Crippen molar-refractivity contribution in [1.82, 2.24) is 24.8 Å². The highest BCUT2D eigenvalue weighted by Crippen LogP contribution is 2.37. The largest absolute Gasteiger partial charge is 0.486 e. The van der Waals surface area contributed by atoms with Crippen molar-refractivity contribution in [2.24, 2.45) is 0 Å². The summed E-state index contributed by atoms with van der Waals surface area (Å²) in [7, 11) is 0. The number of carbonyl (C=O) groups is 1. The molecule has 1 aliphatic heterocycles. The van der Waals surface area contributed by atoms with Gasteiger partial charge in [0.05, 0.1) is 21.7 Å². The zero-order valence-corrected chi connectivity index (χ0v) is 20.7. The normalized spacial score (nSPS) is 13.8. The minimum Gasteiger partial charge on any atom is -0.486 e. The van der Waals surface area contributed by atoms with Gasteiger partial charge in [0, 0.05) is 31.2 Å². The van der Waals surface area contributed by atoms with Gasteiger partial charge in [0.25, 0.3) is 0 Å². The Balaban J connectivity index is 1.31. The average Bonchev–Trinajstić information content (AvgIpc) is 3.38. The lowest BCUT2D eigenvalue weighted by atomic mass is 9.89. The molecule has 0 unspecified atom stereocenters. The topological polar surface area (TPSA) is 120 Å². The maximum atomic E-state index is 12.0. The Morgan fingerprint density at radius 2 is 2.11 bits per heavy atom. The number of aromatic amines is 1. The number of halogens is 1. The van der Waals surface area contributed by atoms with Crippen molar-refractivity contribution < 1.29 is 9.53 Å². The van der Waals surface area contributed by atoms with Crippen molar-refractivity contribution in [1.29, 1.82) is 5.26 Å². The first-order chi connectivity index (χ1) is 18.1. The van der Waals surface area contributed by atoms with Crippen LogP contribution in [0.25, 0.3) is 11.0 Å². The number of H-pyrrole nitrogens is 1. The van der Waals surface area contributed by atoms with E-state index in [2.05, 4.69) is 31.8 Å². The van der Waals surface area contributed by atoms with Crippen molar-refractivity contribution in [3.63, 3.8) is 0 Å². The first-order valence-electron chi connectivity index (χ1n) is 11.8. The highest BCUT2D eigenvalue weighted by atomic mass is 35.5. The third kappa shape index (κ3) is 5.25. The van der Waals surface area contributed by atoms with Crippen LogP contribution in [0.4, 0.5) is 11.5 Å². The fourth-order valence-corrected chi connectivity index (χ4v) is 4.74. The molecule has 1 saturated heterocycles. The summed E-state index contributed by atoms with van der Waals surface area (Å²) in [4.78, 5) is 30.2. The number of ether oxygens (including phenoxy) is 1. The summed E-state index contributed by atoms with van der Waals surface area (Å²) in [6, 6.07) is 10.9. The number of nitrogens with zero attached hydrogens (tertiary/aromatic N) is 5. The molecule has 0 saturated carbocycles. The highest BCUT2D eigenvalue weighted by molar-refractivity contribution is 6.32. The van der Waals surface area contributed by atoms with Crippen LogP contribution in [0.3, 0.4) is 0 Å². The Labute approximate surface area is 218 Å². The van der Waals surface area contributed by atoms with Crippen LogP contribution in [0.15, 0.2) is 61.7 Å². The number of amides is 1. The van der Waals surface area contributed by atoms with E-state index in [-0.39, 0.29) is 18.4 Å². The molecular weight excluding hydrogens is 490 g/mol. The second kappa shape index (κ2) is 10.7. The zero-order chi connectivity index (χ0) is 25.8. The van der Waals surface area contributed by atoms with E-state index in [1.807, 2.05) is 23.2 Å². The van der Waals surface area contributed by atoms with E-state index in [0.717, 1.165) is 35.1 Å². The second-order valence-electron chi connectivity index (χ2n) is 8.70. The van der Waals surface area contributed by atoms with Crippen molar-refractivity contribution in [3.8, 4) is 11.8 Å². The first kappa shape index (κ1) is 24.3. The minimum atomic E-state index is -0.0273. The summed E-state index contributed by atoms with van der Waals surface area (Å²) in [6.45, 7) is 5.20. The van der Waals surface area contributed by atoms with Crippen LogP contribution >= 0.6 is 11.6 Å². The van der Waals surface area contributed by atoms with E-state index < -0.39 is 0 Å². The van der Waals surface area contributed by atoms with Crippen LogP contribution in [0.2, 0.25) is 5.02 Å². The van der Waals surface area contributed by atoms with Gasteiger partial charge in [-0.3, -0.25) is 9.78 Å². The van der Waals surface area contributed by atoms with Crippen LogP contribution < -0.4 is 10.1 Å². The molecule has 3 aromatic heterocycles. The quantitative estimate of drug-likeness (QED) is 0.330. The minimum absolute atomic E-state index is 0.0273. The number of likely N-dealkylation sites (tertiary alicyclic amines) is 1. The highest BCUT2D eigenvalue weighted by Gasteiger charge is 2.26. The summed E-state index contributed by atoms with van der Waals surface area (Å²) >= 11 is 6.50. The molecule has 0 spiro atoms. The number of rotatable bonds is 7. The molecule has 1 amide bonds. The molecule has 4 aromatic rings. The van der Waals surface area contributed by atoms with Gasteiger partial charge in [0.15, 0.2) is 0 Å². The molecule has 4 heterocycles. The lowest BCUT2D eigenvalue weighted by Gasteiger charge is -2.31. The Bertz CT molecular complexity index is 1490. The summed E-state index contributed by atoms with van der Waals surface area (Å²) in [5.41, 5.74) is 3.82. The zero-order valence-electron chi connectivity index (χ0n) is 19.9. The molecule has 186 valence electrons. The SMILES string of the molecule is C=CC(=O)N1CCC(c2c[nH]c3ncnc(Nc4ccc(OCc5ccc(C#N)cn5)c(Cl)c4)c23)CC1. The molecule has 5 rings (SSSR count). The molecule has 0 bridgehead atoms. The molecule has 37 heavy (non-hydrogen) atoms. The molecule has 9 nitrogen and oxygen atoms in total. The van der Waals surface area contributed by atoms with Crippen molar-refractivity contribution >= 4 is 40.0 Å².